The average Bonchev–Trinajstić information content (AvgIpc) is 3.88. The molecule has 0 spiro atoms. The topological polar surface area (TPSA) is 255 Å². The summed E-state index contributed by atoms with van der Waals surface area (Å²) in [5.74, 6) is -5.31. The number of rotatable bonds is 26. The number of nitrogens with zero attached hydrogens (tertiary/aromatic N) is 2. The van der Waals surface area contributed by atoms with E-state index in [-0.39, 0.29) is 38.5 Å². The standard InChI is InChI=1S/C57H79N5O15/c1-35(2)29-42(52(67)62-28-18-23-44(62)53(68)73-32-39-19-14-12-15-20-39)58-51(66)49(37(5)6)76-47(64)31-46(63)48(36(3)4)60-50(65)43(59-55(70)77-57(7,8)9)34-74-54(69)45(30-38-24-26-41(72-11)27-25-38)61(10)56(71)75-33-40-21-16-13-17-22-40/h12-17,19-22,24-27,35-37,42-46,48-49,63H,18,23,28-34H2,1-11H3,(H,58,66)(H,59,70)(H,60,65)/t42-,43-,44-,45-,46-,48+,49-/m0/s1. The highest BCUT2D eigenvalue weighted by Gasteiger charge is 2.41. The molecular weight excluding hydrogens is 995 g/mol. The fourth-order valence-corrected chi connectivity index (χ4v) is 8.41. The number of likely N-dealkylation sites (tertiary alicyclic amines) is 1. The highest BCUT2D eigenvalue weighted by molar-refractivity contribution is 5.93. The van der Waals surface area contributed by atoms with E-state index in [0.29, 0.717) is 29.7 Å². The van der Waals surface area contributed by atoms with E-state index in [1.807, 2.05) is 50.2 Å². The van der Waals surface area contributed by atoms with Gasteiger partial charge in [0.05, 0.1) is 25.7 Å². The predicted molar refractivity (Wildman–Crippen MR) is 283 cm³/mol. The Morgan fingerprint density at radius 2 is 1.32 bits per heavy atom. The van der Waals surface area contributed by atoms with Crippen LogP contribution in [0.4, 0.5) is 9.59 Å². The fraction of sp³-hybridized carbons (Fsp3) is 0.544. The summed E-state index contributed by atoms with van der Waals surface area (Å²) >= 11 is 0. The molecule has 20 nitrogen and oxygen atoms in total. The first-order valence-corrected chi connectivity index (χ1v) is 26.1. The molecule has 0 aliphatic carbocycles. The number of methoxy groups -OCH3 is 1. The van der Waals surface area contributed by atoms with Crippen molar-refractivity contribution >= 4 is 47.8 Å². The van der Waals surface area contributed by atoms with Gasteiger partial charge in [-0.05, 0) is 86.6 Å². The lowest BCUT2D eigenvalue weighted by Crippen LogP contribution is -2.57. The van der Waals surface area contributed by atoms with E-state index in [9.17, 15) is 43.5 Å². The monoisotopic (exact) mass is 1070 g/mol. The van der Waals surface area contributed by atoms with Crippen molar-refractivity contribution in [3.8, 4) is 5.75 Å². The van der Waals surface area contributed by atoms with Crippen LogP contribution in [-0.2, 0) is 72.1 Å². The number of carbonyl (C=O) groups excluding carboxylic acids is 8. The lowest BCUT2D eigenvalue weighted by atomic mass is 9.95. The molecule has 0 radical (unpaired) electrons. The van der Waals surface area contributed by atoms with Crippen molar-refractivity contribution in [3.63, 3.8) is 0 Å². The van der Waals surface area contributed by atoms with E-state index in [1.165, 1.54) is 19.1 Å². The summed E-state index contributed by atoms with van der Waals surface area (Å²) in [5, 5.41) is 19.4. The van der Waals surface area contributed by atoms with Gasteiger partial charge in [-0.15, -0.1) is 0 Å². The van der Waals surface area contributed by atoms with Crippen LogP contribution in [0.1, 0.15) is 105 Å². The van der Waals surface area contributed by atoms with Gasteiger partial charge in [-0.2, -0.15) is 0 Å². The second-order valence-electron chi connectivity index (χ2n) is 21.2. The van der Waals surface area contributed by atoms with Crippen molar-refractivity contribution in [2.45, 2.75) is 156 Å². The minimum atomic E-state index is -1.63. The van der Waals surface area contributed by atoms with E-state index in [2.05, 4.69) is 16.0 Å². The molecule has 1 aliphatic heterocycles. The van der Waals surface area contributed by atoms with Crippen LogP contribution in [0.25, 0.3) is 0 Å². The van der Waals surface area contributed by atoms with E-state index in [1.54, 1.807) is 97.0 Å². The Kier molecular flexibility index (Phi) is 24.2. The van der Waals surface area contributed by atoms with Crippen molar-refractivity contribution in [1.29, 1.82) is 0 Å². The Labute approximate surface area is 452 Å². The largest absolute Gasteiger partial charge is 0.497 e. The number of aliphatic hydroxyl groups is 1. The second-order valence-corrected chi connectivity index (χ2v) is 21.2. The molecule has 20 heteroatoms. The maximum absolute atomic E-state index is 14.2. The van der Waals surface area contributed by atoms with Gasteiger partial charge in [-0.25, -0.2) is 19.2 Å². The van der Waals surface area contributed by atoms with Crippen LogP contribution in [-0.4, -0.2) is 138 Å². The molecule has 3 aromatic carbocycles. The van der Waals surface area contributed by atoms with Crippen molar-refractivity contribution in [2.75, 3.05) is 27.3 Å². The lowest BCUT2D eigenvalue weighted by Gasteiger charge is -2.31. The number of benzene rings is 3. The summed E-state index contributed by atoms with van der Waals surface area (Å²) < 4.78 is 33.2. The van der Waals surface area contributed by atoms with E-state index in [4.69, 9.17) is 28.4 Å². The van der Waals surface area contributed by atoms with Crippen LogP contribution < -0.4 is 20.7 Å². The van der Waals surface area contributed by atoms with Crippen LogP contribution >= 0.6 is 0 Å². The van der Waals surface area contributed by atoms with Gasteiger partial charge in [0.25, 0.3) is 5.91 Å². The van der Waals surface area contributed by atoms with Crippen molar-refractivity contribution in [2.24, 2.45) is 17.8 Å². The molecule has 0 aromatic heterocycles. The Bertz CT molecular complexity index is 2410. The summed E-state index contributed by atoms with van der Waals surface area (Å²) in [6, 6.07) is 18.9. The summed E-state index contributed by atoms with van der Waals surface area (Å²) in [4.78, 5) is 112. The Morgan fingerprint density at radius 1 is 0.727 bits per heavy atom. The molecule has 3 aromatic rings. The number of aliphatic hydroxyl groups excluding tert-OH is 1. The van der Waals surface area contributed by atoms with Crippen molar-refractivity contribution in [3.05, 3.63) is 102 Å². The molecule has 4 N–H and O–H groups in total. The first kappa shape index (κ1) is 62.3. The van der Waals surface area contributed by atoms with Crippen LogP contribution in [0.15, 0.2) is 84.9 Å². The first-order chi connectivity index (χ1) is 36.4. The number of likely N-dealkylation sites (N-methyl/N-ethyl adjacent to an activating group) is 1. The molecule has 1 fully saturated rings. The predicted octanol–water partition coefficient (Wildman–Crippen LogP) is 6.04. The number of ether oxygens (including phenoxy) is 6. The summed E-state index contributed by atoms with van der Waals surface area (Å²) in [6.45, 7) is 14.7. The molecular formula is C57H79N5O15. The van der Waals surface area contributed by atoms with Crippen LogP contribution in [0, 0.1) is 17.8 Å². The lowest BCUT2D eigenvalue weighted by molar-refractivity contribution is -0.162. The SMILES string of the molecule is COc1ccc(C[C@@H](C(=O)OC[C@H](NC(=O)OC(C)(C)C)C(=O)N[C@H](C(C)C)[C@@H](O)CC(=O)O[C@H](C(=O)N[C@@H](CC(C)C)C(=O)N2CCC[C@H]2C(=O)OCc2ccccc2)C(C)C)N(C)C(=O)OCc2ccccc2)cc1. The molecule has 7 atom stereocenters. The minimum Gasteiger partial charge on any atom is -0.497 e. The highest BCUT2D eigenvalue weighted by Crippen LogP contribution is 2.24. The second kappa shape index (κ2) is 29.9. The molecule has 1 heterocycles. The van der Waals surface area contributed by atoms with Crippen molar-refractivity contribution < 1.29 is 71.9 Å². The first-order valence-electron chi connectivity index (χ1n) is 26.1. The molecule has 0 bridgehead atoms. The zero-order chi connectivity index (χ0) is 57.0. The zero-order valence-electron chi connectivity index (χ0n) is 46.3. The van der Waals surface area contributed by atoms with Gasteiger partial charge in [-0.1, -0.05) is 114 Å². The Morgan fingerprint density at radius 3 is 1.87 bits per heavy atom. The highest BCUT2D eigenvalue weighted by atomic mass is 16.6. The van der Waals surface area contributed by atoms with Gasteiger partial charge in [0, 0.05) is 20.0 Å². The molecule has 0 saturated carbocycles. The average molecular weight is 1070 g/mol. The smallest absolute Gasteiger partial charge is 0.410 e. The molecule has 1 aliphatic rings. The third-order valence-electron chi connectivity index (χ3n) is 12.5. The van der Waals surface area contributed by atoms with Crippen molar-refractivity contribution in [1.82, 2.24) is 25.8 Å². The van der Waals surface area contributed by atoms with Gasteiger partial charge in [0.15, 0.2) is 6.10 Å². The molecule has 4 rings (SSSR count). The minimum absolute atomic E-state index is 0.0395. The Balaban J connectivity index is 1.47. The number of amides is 5. The van der Waals surface area contributed by atoms with Gasteiger partial charge in [-0.3, -0.25) is 24.1 Å². The number of hydrogen-bond acceptors (Lipinski definition) is 15. The maximum Gasteiger partial charge on any atom is 0.410 e. The number of nitrogens with one attached hydrogen (secondary N) is 3. The molecule has 422 valence electrons. The van der Waals surface area contributed by atoms with Gasteiger partial charge >= 0.3 is 30.1 Å². The number of hydrogen-bond donors (Lipinski definition) is 4. The van der Waals surface area contributed by atoms with E-state index >= 15 is 0 Å². The molecule has 1 saturated heterocycles. The number of esters is 3. The normalized spacial score (nSPS) is 15.7. The van der Waals surface area contributed by atoms with Crippen LogP contribution in [0.5, 0.6) is 5.75 Å². The third-order valence-corrected chi connectivity index (χ3v) is 12.5. The number of carbonyl (C=O) groups is 8. The summed E-state index contributed by atoms with van der Waals surface area (Å²) in [6.07, 6.45) is -4.48. The van der Waals surface area contributed by atoms with E-state index < -0.39 is 121 Å². The third kappa shape index (κ3) is 20.3. The maximum atomic E-state index is 14.2. The summed E-state index contributed by atoms with van der Waals surface area (Å²) in [5.41, 5.74) is 1.13. The Hall–Kier alpha value is -7.22. The van der Waals surface area contributed by atoms with Crippen LogP contribution in [0.2, 0.25) is 0 Å². The van der Waals surface area contributed by atoms with E-state index in [0.717, 1.165) is 10.5 Å². The van der Waals surface area contributed by atoms with Gasteiger partial charge < -0.3 is 54.4 Å². The quantitative estimate of drug-likeness (QED) is 0.0528. The van der Waals surface area contributed by atoms with Gasteiger partial charge in [0.2, 0.25) is 11.8 Å². The summed E-state index contributed by atoms with van der Waals surface area (Å²) in [7, 11) is 2.87. The van der Waals surface area contributed by atoms with Crippen LogP contribution in [0.3, 0.4) is 0 Å². The zero-order valence-corrected chi connectivity index (χ0v) is 46.3. The number of alkyl carbamates (subject to hydrolysis) is 1. The van der Waals surface area contributed by atoms with Gasteiger partial charge in [0.1, 0.15) is 55.3 Å². The fourth-order valence-electron chi connectivity index (χ4n) is 8.41. The molecule has 0 unspecified atom stereocenters. The molecule has 5 amide bonds. The molecule has 77 heavy (non-hydrogen) atoms.